The van der Waals surface area contributed by atoms with E-state index in [0.29, 0.717) is 16.6 Å². The fourth-order valence-corrected chi connectivity index (χ4v) is 3.06. The van der Waals surface area contributed by atoms with Crippen molar-refractivity contribution in [3.05, 3.63) is 28.8 Å². The molecule has 1 aromatic carbocycles. The van der Waals surface area contributed by atoms with Crippen molar-refractivity contribution in [2.24, 2.45) is 0 Å². The van der Waals surface area contributed by atoms with Crippen LogP contribution in [-0.2, 0) is 0 Å². The SMILES string of the molecule is CN(C)C(=O)c1ccc(Cl)cc1NC1CCCCCCC1. The lowest BCUT2D eigenvalue weighted by Crippen LogP contribution is -2.26. The van der Waals surface area contributed by atoms with E-state index in [1.54, 1.807) is 25.1 Å². The maximum absolute atomic E-state index is 12.3. The number of halogens is 1. The first kappa shape index (κ1) is 16.2. The van der Waals surface area contributed by atoms with Gasteiger partial charge >= 0.3 is 0 Å². The molecule has 1 aromatic rings. The molecule has 0 aliphatic heterocycles. The summed E-state index contributed by atoms with van der Waals surface area (Å²) in [7, 11) is 3.55. The maximum atomic E-state index is 12.3. The lowest BCUT2D eigenvalue weighted by molar-refractivity contribution is 0.0828. The molecule has 0 bridgehead atoms. The summed E-state index contributed by atoms with van der Waals surface area (Å²) in [5.41, 5.74) is 1.57. The number of amides is 1. The third kappa shape index (κ3) is 4.63. The van der Waals surface area contributed by atoms with Gasteiger partial charge in [0.25, 0.3) is 5.91 Å². The van der Waals surface area contributed by atoms with Gasteiger partial charge in [-0.2, -0.15) is 0 Å². The van der Waals surface area contributed by atoms with E-state index in [-0.39, 0.29) is 5.91 Å². The highest BCUT2D eigenvalue weighted by molar-refractivity contribution is 6.31. The summed E-state index contributed by atoms with van der Waals surface area (Å²) >= 11 is 6.11. The van der Waals surface area contributed by atoms with E-state index in [4.69, 9.17) is 11.6 Å². The van der Waals surface area contributed by atoms with E-state index in [9.17, 15) is 4.79 Å². The number of hydrogen-bond donors (Lipinski definition) is 1. The molecule has 1 aliphatic rings. The first-order chi connectivity index (χ1) is 10.1. The van der Waals surface area contributed by atoms with E-state index in [1.807, 2.05) is 12.1 Å². The smallest absolute Gasteiger partial charge is 0.255 e. The predicted molar refractivity (Wildman–Crippen MR) is 89.2 cm³/mol. The Bertz CT molecular complexity index is 480. The van der Waals surface area contributed by atoms with E-state index in [2.05, 4.69) is 5.32 Å². The van der Waals surface area contributed by atoms with Gasteiger partial charge in [-0.25, -0.2) is 0 Å². The number of carbonyl (C=O) groups is 1. The van der Waals surface area contributed by atoms with E-state index in [0.717, 1.165) is 5.69 Å². The van der Waals surface area contributed by atoms with Crippen LogP contribution in [0.1, 0.15) is 55.3 Å². The summed E-state index contributed by atoms with van der Waals surface area (Å²) in [6.07, 6.45) is 8.84. The summed E-state index contributed by atoms with van der Waals surface area (Å²) < 4.78 is 0. The molecule has 116 valence electrons. The monoisotopic (exact) mass is 308 g/mol. The molecule has 0 spiro atoms. The third-order valence-corrected chi connectivity index (χ3v) is 4.32. The Balaban J connectivity index is 2.16. The second kappa shape index (κ2) is 7.69. The van der Waals surface area contributed by atoms with Crippen molar-refractivity contribution in [3.63, 3.8) is 0 Å². The molecule has 1 saturated carbocycles. The minimum absolute atomic E-state index is 0.0139. The molecule has 4 heteroatoms. The number of hydrogen-bond acceptors (Lipinski definition) is 2. The first-order valence-electron chi connectivity index (χ1n) is 7.85. The molecule has 3 nitrogen and oxygen atoms in total. The summed E-state index contributed by atoms with van der Waals surface area (Å²) in [6, 6.07) is 5.91. The summed E-state index contributed by atoms with van der Waals surface area (Å²) in [6.45, 7) is 0. The second-order valence-corrected chi connectivity index (χ2v) is 6.51. The molecule has 1 fully saturated rings. The molecule has 0 aromatic heterocycles. The molecule has 1 amide bonds. The Kier molecular flexibility index (Phi) is 5.92. The standard InChI is InChI=1S/C17H25ClN2O/c1-20(2)17(21)15-11-10-13(18)12-16(15)19-14-8-6-4-3-5-7-9-14/h10-12,14,19H,3-9H2,1-2H3. The van der Waals surface area contributed by atoms with Crippen molar-refractivity contribution in [1.29, 1.82) is 0 Å². The molecule has 0 radical (unpaired) electrons. The second-order valence-electron chi connectivity index (χ2n) is 6.08. The van der Waals surface area contributed by atoms with E-state index < -0.39 is 0 Å². The Morgan fingerprint density at radius 3 is 2.38 bits per heavy atom. The maximum Gasteiger partial charge on any atom is 0.255 e. The van der Waals surface area contributed by atoms with Crippen LogP contribution in [0.3, 0.4) is 0 Å². The van der Waals surface area contributed by atoms with Crippen LogP contribution in [0, 0.1) is 0 Å². The van der Waals surface area contributed by atoms with Gasteiger partial charge in [0.2, 0.25) is 0 Å². The first-order valence-corrected chi connectivity index (χ1v) is 8.23. The zero-order valence-electron chi connectivity index (χ0n) is 13.0. The molecular formula is C17H25ClN2O. The van der Waals surface area contributed by atoms with Crippen LogP contribution in [0.25, 0.3) is 0 Å². The van der Waals surface area contributed by atoms with Gasteiger partial charge in [-0.3, -0.25) is 4.79 Å². The highest BCUT2D eigenvalue weighted by atomic mass is 35.5. The molecular weight excluding hydrogens is 284 g/mol. The lowest BCUT2D eigenvalue weighted by Gasteiger charge is -2.24. The normalized spacial score (nSPS) is 16.9. The number of benzene rings is 1. The molecule has 0 atom stereocenters. The van der Waals surface area contributed by atoms with Gasteiger partial charge in [0.1, 0.15) is 0 Å². The van der Waals surface area contributed by atoms with Gasteiger partial charge in [0.05, 0.1) is 5.56 Å². The number of carbonyl (C=O) groups excluding carboxylic acids is 1. The van der Waals surface area contributed by atoms with Crippen LogP contribution in [0.2, 0.25) is 5.02 Å². The number of rotatable bonds is 3. The molecule has 1 N–H and O–H groups in total. The molecule has 0 saturated heterocycles. The largest absolute Gasteiger partial charge is 0.382 e. The fraction of sp³-hybridized carbons (Fsp3) is 0.588. The average molecular weight is 309 g/mol. The van der Waals surface area contributed by atoms with Crippen LogP contribution in [0.15, 0.2) is 18.2 Å². The van der Waals surface area contributed by atoms with Crippen LogP contribution in [0.5, 0.6) is 0 Å². The van der Waals surface area contributed by atoms with E-state index >= 15 is 0 Å². The topological polar surface area (TPSA) is 32.3 Å². The van der Waals surface area contributed by atoms with E-state index in [1.165, 1.54) is 44.9 Å². The van der Waals surface area contributed by atoms with Gasteiger partial charge in [-0.1, -0.05) is 43.7 Å². The van der Waals surface area contributed by atoms with Gasteiger partial charge in [-0.05, 0) is 31.0 Å². The lowest BCUT2D eigenvalue weighted by atomic mass is 9.96. The molecule has 1 aliphatic carbocycles. The minimum atomic E-state index is 0.0139. The summed E-state index contributed by atoms with van der Waals surface area (Å²) in [5.74, 6) is 0.0139. The van der Waals surface area contributed by atoms with Gasteiger partial charge in [0, 0.05) is 30.8 Å². The summed E-state index contributed by atoms with van der Waals surface area (Å²) in [4.78, 5) is 13.9. The zero-order valence-corrected chi connectivity index (χ0v) is 13.7. The van der Waals surface area contributed by atoms with Gasteiger partial charge in [0.15, 0.2) is 0 Å². The molecule has 21 heavy (non-hydrogen) atoms. The number of nitrogens with one attached hydrogen (secondary N) is 1. The van der Waals surface area contributed by atoms with Crippen LogP contribution < -0.4 is 5.32 Å². The Labute approximate surface area is 132 Å². The number of nitrogens with zero attached hydrogens (tertiary/aromatic N) is 1. The quantitative estimate of drug-likeness (QED) is 0.887. The Morgan fingerprint density at radius 2 is 1.76 bits per heavy atom. The van der Waals surface area contributed by atoms with Crippen molar-refractivity contribution >= 4 is 23.2 Å². The highest BCUT2D eigenvalue weighted by Crippen LogP contribution is 2.26. The van der Waals surface area contributed by atoms with Crippen molar-refractivity contribution in [2.75, 3.05) is 19.4 Å². The van der Waals surface area contributed by atoms with Gasteiger partial charge < -0.3 is 10.2 Å². The average Bonchev–Trinajstić information content (AvgIpc) is 2.41. The summed E-state index contributed by atoms with van der Waals surface area (Å²) in [5, 5.41) is 4.23. The van der Waals surface area contributed by atoms with Crippen LogP contribution in [0.4, 0.5) is 5.69 Å². The van der Waals surface area contributed by atoms with Crippen molar-refractivity contribution < 1.29 is 4.79 Å². The zero-order chi connectivity index (χ0) is 15.2. The van der Waals surface area contributed by atoms with Crippen molar-refractivity contribution in [2.45, 2.75) is 51.0 Å². The van der Waals surface area contributed by atoms with Crippen LogP contribution >= 0.6 is 11.6 Å². The van der Waals surface area contributed by atoms with Crippen molar-refractivity contribution in [1.82, 2.24) is 4.90 Å². The number of anilines is 1. The molecule has 2 rings (SSSR count). The Morgan fingerprint density at radius 1 is 1.14 bits per heavy atom. The molecule has 0 unspecified atom stereocenters. The Hall–Kier alpha value is -1.22. The fourth-order valence-electron chi connectivity index (χ4n) is 2.88. The van der Waals surface area contributed by atoms with Crippen molar-refractivity contribution in [3.8, 4) is 0 Å². The third-order valence-electron chi connectivity index (χ3n) is 4.08. The van der Waals surface area contributed by atoms with Crippen LogP contribution in [-0.4, -0.2) is 30.9 Å². The minimum Gasteiger partial charge on any atom is -0.382 e. The van der Waals surface area contributed by atoms with Gasteiger partial charge in [-0.15, -0.1) is 0 Å². The predicted octanol–water partition coefficient (Wildman–Crippen LogP) is 4.57. The highest BCUT2D eigenvalue weighted by Gasteiger charge is 2.17. The molecule has 0 heterocycles.